The number of hydrogen-bond acceptors (Lipinski definition) is 7. The van der Waals surface area contributed by atoms with E-state index in [-0.39, 0.29) is 17.1 Å². The second-order valence-electron chi connectivity index (χ2n) is 7.11. The number of para-hydroxylation sites is 1. The van der Waals surface area contributed by atoms with Crippen molar-refractivity contribution in [1.82, 2.24) is 9.97 Å². The highest BCUT2D eigenvalue weighted by atomic mass is 35.5. The number of benzene rings is 1. The number of carbonyl (C=O) groups excluding carboxylic acids is 1. The van der Waals surface area contributed by atoms with Gasteiger partial charge in [0.1, 0.15) is 21.3 Å². The van der Waals surface area contributed by atoms with E-state index in [1.54, 1.807) is 12.1 Å². The standard InChI is InChI=1S/C21H22ClFN4O2S/c1-3-12-29-20(28)17-13(2)16-18(24-21(22)25-19(16)30-17)27-10-8-26(9-11-27)15-7-5-4-6-14(15)23/h4-7H,3,8-12H2,1-2H3. The minimum atomic E-state index is -0.344. The monoisotopic (exact) mass is 448 g/mol. The van der Waals surface area contributed by atoms with E-state index in [9.17, 15) is 9.18 Å². The number of esters is 1. The lowest BCUT2D eigenvalue weighted by Gasteiger charge is -2.37. The number of anilines is 2. The Bertz CT molecular complexity index is 1080. The molecule has 4 rings (SSSR count). The summed E-state index contributed by atoms with van der Waals surface area (Å²) < 4.78 is 19.5. The molecule has 0 radical (unpaired) electrons. The molecule has 0 N–H and O–H groups in total. The second kappa shape index (κ2) is 8.73. The normalized spacial score (nSPS) is 14.4. The van der Waals surface area contributed by atoms with Crippen molar-refractivity contribution in [2.75, 3.05) is 42.6 Å². The van der Waals surface area contributed by atoms with Gasteiger partial charge in [0.25, 0.3) is 0 Å². The molecule has 0 aliphatic carbocycles. The highest BCUT2D eigenvalue weighted by Gasteiger charge is 2.26. The molecule has 0 unspecified atom stereocenters. The molecule has 3 heterocycles. The highest BCUT2D eigenvalue weighted by molar-refractivity contribution is 7.20. The molecule has 6 nitrogen and oxygen atoms in total. The van der Waals surface area contributed by atoms with Gasteiger partial charge in [-0.15, -0.1) is 11.3 Å². The molecule has 0 saturated carbocycles. The van der Waals surface area contributed by atoms with E-state index in [1.165, 1.54) is 17.4 Å². The van der Waals surface area contributed by atoms with Crippen LogP contribution in [0.1, 0.15) is 28.6 Å². The van der Waals surface area contributed by atoms with Gasteiger partial charge >= 0.3 is 5.97 Å². The van der Waals surface area contributed by atoms with Crippen molar-refractivity contribution in [3.63, 3.8) is 0 Å². The molecule has 2 aromatic heterocycles. The molecule has 30 heavy (non-hydrogen) atoms. The van der Waals surface area contributed by atoms with Crippen LogP contribution in [0.2, 0.25) is 5.28 Å². The average molecular weight is 449 g/mol. The molecule has 158 valence electrons. The van der Waals surface area contributed by atoms with Crippen molar-refractivity contribution >= 4 is 50.6 Å². The molecule has 3 aromatic rings. The number of nitrogens with zero attached hydrogens (tertiary/aromatic N) is 4. The summed E-state index contributed by atoms with van der Waals surface area (Å²) in [5, 5.41) is 0.968. The maximum absolute atomic E-state index is 14.1. The van der Waals surface area contributed by atoms with E-state index in [0.717, 1.165) is 17.4 Å². The van der Waals surface area contributed by atoms with Crippen LogP contribution < -0.4 is 9.80 Å². The largest absolute Gasteiger partial charge is 0.462 e. The molecule has 0 amide bonds. The molecule has 9 heteroatoms. The number of hydrogen-bond donors (Lipinski definition) is 0. The van der Waals surface area contributed by atoms with Gasteiger partial charge < -0.3 is 14.5 Å². The van der Waals surface area contributed by atoms with E-state index < -0.39 is 0 Å². The quantitative estimate of drug-likeness (QED) is 0.417. The average Bonchev–Trinajstić information content (AvgIpc) is 3.08. The van der Waals surface area contributed by atoms with Crippen LogP contribution in [0.4, 0.5) is 15.9 Å². The summed E-state index contributed by atoms with van der Waals surface area (Å²) in [7, 11) is 0. The second-order valence-corrected chi connectivity index (χ2v) is 8.45. The number of piperazine rings is 1. The first-order valence-corrected chi connectivity index (χ1v) is 11.1. The number of aryl methyl sites for hydroxylation is 1. The van der Waals surface area contributed by atoms with Gasteiger partial charge in [-0.05, 0) is 42.6 Å². The van der Waals surface area contributed by atoms with Gasteiger partial charge in [-0.25, -0.2) is 14.2 Å². The van der Waals surface area contributed by atoms with Crippen molar-refractivity contribution < 1.29 is 13.9 Å². The fraction of sp³-hybridized carbons (Fsp3) is 0.381. The first-order valence-electron chi connectivity index (χ1n) is 9.87. The lowest BCUT2D eigenvalue weighted by molar-refractivity contribution is 0.0510. The SMILES string of the molecule is CCCOC(=O)c1sc2nc(Cl)nc(N3CCN(c4ccccc4F)CC3)c2c1C. The predicted molar refractivity (Wildman–Crippen MR) is 119 cm³/mol. The Kier molecular flexibility index (Phi) is 6.06. The van der Waals surface area contributed by atoms with E-state index in [2.05, 4.69) is 14.9 Å². The van der Waals surface area contributed by atoms with Crippen LogP contribution in [0.3, 0.4) is 0 Å². The van der Waals surface area contributed by atoms with Crippen molar-refractivity contribution in [2.45, 2.75) is 20.3 Å². The van der Waals surface area contributed by atoms with E-state index in [4.69, 9.17) is 16.3 Å². The summed E-state index contributed by atoms with van der Waals surface area (Å²) in [5.41, 5.74) is 1.41. The summed E-state index contributed by atoms with van der Waals surface area (Å²) in [5.74, 6) is 0.146. The van der Waals surface area contributed by atoms with Gasteiger partial charge in [0.05, 0.1) is 17.7 Å². The van der Waals surface area contributed by atoms with Gasteiger partial charge in [-0.2, -0.15) is 4.98 Å². The highest BCUT2D eigenvalue weighted by Crippen LogP contribution is 2.37. The van der Waals surface area contributed by atoms with Gasteiger partial charge in [-0.1, -0.05) is 19.1 Å². The van der Waals surface area contributed by atoms with Crippen molar-refractivity contribution in [2.24, 2.45) is 0 Å². The zero-order valence-corrected chi connectivity index (χ0v) is 18.4. The number of carbonyl (C=O) groups is 1. The summed E-state index contributed by atoms with van der Waals surface area (Å²) >= 11 is 7.47. The minimum absolute atomic E-state index is 0.142. The van der Waals surface area contributed by atoms with Gasteiger partial charge in [0.15, 0.2) is 0 Å². The molecule has 1 saturated heterocycles. The van der Waals surface area contributed by atoms with Crippen LogP contribution >= 0.6 is 22.9 Å². The van der Waals surface area contributed by atoms with Crippen LogP contribution in [-0.4, -0.2) is 48.7 Å². The van der Waals surface area contributed by atoms with Crippen molar-refractivity contribution in [3.05, 3.63) is 45.8 Å². The fourth-order valence-electron chi connectivity index (χ4n) is 3.64. The summed E-state index contributed by atoms with van der Waals surface area (Å²) in [6.45, 7) is 6.83. The number of fused-ring (bicyclic) bond motifs is 1. The first kappa shape index (κ1) is 20.8. The molecule has 1 aliphatic rings. The molecule has 0 atom stereocenters. The van der Waals surface area contributed by atoms with Gasteiger partial charge in [-0.3, -0.25) is 0 Å². The third kappa shape index (κ3) is 3.94. The van der Waals surface area contributed by atoms with Gasteiger partial charge in [0, 0.05) is 26.2 Å². The number of thiophene rings is 1. The lowest BCUT2D eigenvalue weighted by Crippen LogP contribution is -2.47. The van der Waals surface area contributed by atoms with E-state index >= 15 is 0 Å². The van der Waals surface area contributed by atoms with Crippen LogP contribution in [-0.2, 0) is 4.74 Å². The Hall–Kier alpha value is -2.45. The third-order valence-electron chi connectivity index (χ3n) is 5.14. The summed E-state index contributed by atoms with van der Waals surface area (Å²) in [6, 6.07) is 6.80. The Morgan fingerprint density at radius 1 is 1.20 bits per heavy atom. The van der Waals surface area contributed by atoms with Crippen molar-refractivity contribution in [1.29, 1.82) is 0 Å². The summed E-state index contributed by atoms with van der Waals surface area (Å²) in [6.07, 6.45) is 0.763. The lowest BCUT2D eigenvalue weighted by atomic mass is 10.1. The Morgan fingerprint density at radius 2 is 1.90 bits per heavy atom. The number of ether oxygens (including phenoxy) is 1. The topological polar surface area (TPSA) is 58.6 Å². The van der Waals surface area contributed by atoms with Gasteiger partial charge in [0.2, 0.25) is 5.28 Å². The number of aromatic nitrogens is 2. The molecule has 1 aromatic carbocycles. The smallest absolute Gasteiger partial charge is 0.348 e. The van der Waals surface area contributed by atoms with Crippen LogP contribution in [0.15, 0.2) is 24.3 Å². The van der Waals surface area contributed by atoms with E-state index in [0.29, 0.717) is 54.0 Å². The summed E-state index contributed by atoms with van der Waals surface area (Å²) in [4.78, 5) is 26.6. The fourth-order valence-corrected chi connectivity index (χ4v) is 4.93. The molecule has 0 bridgehead atoms. The third-order valence-corrected chi connectivity index (χ3v) is 6.47. The predicted octanol–water partition coefficient (Wildman–Crippen LogP) is 4.69. The molecule has 0 spiro atoms. The van der Waals surface area contributed by atoms with E-state index in [1.807, 2.05) is 24.8 Å². The zero-order valence-electron chi connectivity index (χ0n) is 16.8. The minimum Gasteiger partial charge on any atom is -0.462 e. The van der Waals surface area contributed by atoms with Crippen LogP contribution in [0.5, 0.6) is 0 Å². The zero-order chi connectivity index (χ0) is 21.3. The first-order chi connectivity index (χ1) is 14.5. The molecular formula is C21H22ClFN4O2S. The Labute approximate surface area is 183 Å². The molecule has 1 fully saturated rings. The Morgan fingerprint density at radius 3 is 2.60 bits per heavy atom. The van der Waals surface area contributed by atoms with Crippen LogP contribution in [0, 0.1) is 12.7 Å². The van der Waals surface area contributed by atoms with Crippen molar-refractivity contribution in [3.8, 4) is 0 Å². The number of halogens is 2. The number of rotatable bonds is 5. The maximum Gasteiger partial charge on any atom is 0.348 e. The maximum atomic E-state index is 14.1. The van der Waals surface area contributed by atoms with Crippen LogP contribution in [0.25, 0.3) is 10.2 Å². The molecule has 1 aliphatic heterocycles. The molecular weight excluding hydrogens is 427 g/mol. The Balaban J connectivity index is 1.62.